The van der Waals surface area contributed by atoms with Gasteiger partial charge in [0.15, 0.2) is 0 Å². The number of benzene rings is 2. The number of hydrogen-bond donors (Lipinski definition) is 1. The highest BCUT2D eigenvalue weighted by Crippen LogP contribution is 2.26. The Balaban J connectivity index is 1.35. The van der Waals surface area contributed by atoms with Crippen LogP contribution in [-0.2, 0) is 33.7 Å². The Kier molecular flexibility index (Phi) is 9.11. The van der Waals surface area contributed by atoms with Gasteiger partial charge in [-0.3, -0.25) is 9.69 Å². The van der Waals surface area contributed by atoms with Crippen LogP contribution in [0.4, 0.5) is 0 Å². The second-order valence-corrected chi connectivity index (χ2v) is 12.3. The van der Waals surface area contributed by atoms with Crippen LogP contribution in [-0.4, -0.2) is 49.7 Å². The molecule has 1 atom stereocenters. The number of amides is 1. The third-order valence-corrected chi connectivity index (χ3v) is 9.30. The predicted molar refractivity (Wildman–Crippen MR) is 141 cm³/mol. The number of nitrogens with one attached hydrogen (secondary N) is 1. The average molecular weight is 539 g/mol. The van der Waals surface area contributed by atoms with E-state index in [2.05, 4.69) is 22.3 Å². The molecule has 0 saturated carbocycles. The molecule has 2 heterocycles. The van der Waals surface area contributed by atoms with Crippen molar-refractivity contribution in [3.63, 3.8) is 0 Å². The van der Waals surface area contributed by atoms with E-state index >= 15 is 0 Å². The van der Waals surface area contributed by atoms with E-state index in [1.165, 1.54) is 29.1 Å². The molecule has 2 aromatic carbocycles. The summed E-state index contributed by atoms with van der Waals surface area (Å²) in [6, 6.07) is 13.1. The summed E-state index contributed by atoms with van der Waals surface area (Å²) in [7, 11) is -3.61. The van der Waals surface area contributed by atoms with Gasteiger partial charge in [0, 0.05) is 36.2 Å². The van der Waals surface area contributed by atoms with Crippen LogP contribution in [0.1, 0.15) is 48.8 Å². The average Bonchev–Trinajstić information content (AvgIpc) is 2.86. The Bertz CT molecular complexity index is 1140. The second kappa shape index (κ2) is 12.1. The lowest BCUT2D eigenvalue weighted by Crippen LogP contribution is -2.45. The number of likely N-dealkylation sites (tertiary alicyclic amines) is 1. The van der Waals surface area contributed by atoms with E-state index in [-0.39, 0.29) is 24.1 Å². The number of halogens is 2. The second-order valence-electron chi connectivity index (χ2n) is 9.51. The van der Waals surface area contributed by atoms with Gasteiger partial charge in [0.1, 0.15) is 0 Å². The third kappa shape index (κ3) is 7.20. The first-order chi connectivity index (χ1) is 16.8. The number of carbonyl (C=O) groups excluding carboxylic acids is 1. The van der Waals surface area contributed by atoms with E-state index in [1.807, 2.05) is 12.1 Å². The molecule has 0 bridgehead atoms. The van der Waals surface area contributed by atoms with Crippen molar-refractivity contribution in [3.8, 4) is 0 Å². The molecule has 9 heteroatoms. The summed E-state index contributed by atoms with van der Waals surface area (Å²) in [6.45, 7) is 4.19. The van der Waals surface area contributed by atoms with Crippen molar-refractivity contribution in [2.24, 2.45) is 5.92 Å². The first kappa shape index (κ1) is 26.4. The molecule has 0 spiro atoms. The molecule has 6 nitrogen and oxygen atoms in total. The third-order valence-electron chi connectivity index (χ3n) is 6.92. The summed E-state index contributed by atoms with van der Waals surface area (Å²) in [6.07, 6.45) is 5.11. The van der Waals surface area contributed by atoms with E-state index in [0.717, 1.165) is 25.2 Å². The molecule has 0 unspecified atom stereocenters. The number of hydrogen-bond acceptors (Lipinski definition) is 4. The summed E-state index contributed by atoms with van der Waals surface area (Å²) in [4.78, 5) is 15.5. The zero-order valence-corrected chi connectivity index (χ0v) is 22.2. The fourth-order valence-corrected chi connectivity index (χ4v) is 7.10. The van der Waals surface area contributed by atoms with Crippen molar-refractivity contribution in [1.29, 1.82) is 0 Å². The molecule has 1 N–H and O–H groups in total. The fourth-order valence-electron chi connectivity index (χ4n) is 4.90. The van der Waals surface area contributed by atoms with Crippen molar-refractivity contribution in [1.82, 2.24) is 14.5 Å². The van der Waals surface area contributed by atoms with Crippen molar-refractivity contribution in [2.75, 3.05) is 26.2 Å². The molecule has 2 aromatic rings. The maximum atomic E-state index is 13.1. The van der Waals surface area contributed by atoms with Gasteiger partial charge >= 0.3 is 0 Å². The molecule has 4 rings (SSSR count). The molecule has 35 heavy (non-hydrogen) atoms. The normalized spacial score (nSPS) is 20.0. The largest absolute Gasteiger partial charge is 0.352 e. The van der Waals surface area contributed by atoms with Crippen LogP contribution < -0.4 is 5.32 Å². The standard InChI is InChI=1S/C26H33Cl2N3O3S/c27-24-11-10-23(25(28)15-24)19-35(33,34)31-14-6-9-22(18-31)26(32)29-16-20-7-2-3-8-21(20)17-30-12-4-1-5-13-30/h2-3,7-8,10-11,15,22H,1,4-6,9,12-14,16-19H2,(H,29,32)/t22-/m0/s1. The lowest BCUT2D eigenvalue weighted by Gasteiger charge is -2.31. The minimum Gasteiger partial charge on any atom is -0.352 e. The Morgan fingerprint density at radius 2 is 1.69 bits per heavy atom. The smallest absolute Gasteiger partial charge is 0.224 e. The lowest BCUT2D eigenvalue weighted by atomic mass is 9.98. The Morgan fingerprint density at radius 3 is 2.43 bits per heavy atom. The summed E-state index contributed by atoms with van der Waals surface area (Å²) in [5.74, 6) is -0.669. The maximum absolute atomic E-state index is 13.1. The predicted octanol–water partition coefficient (Wildman–Crippen LogP) is 4.84. The quantitative estimate of drug-likeness (QED) is 0.523. The molecule has 2 saturated heterocycles. The fraction of sp³-hybridized carbons (Fsp3) is 0.500. The zero-order chi connectivity index (χ0) is 24.8. The Labute approximate surface area is 218 Å². The molecule has 0 radical (unpaired) electrons. The van der Waals surface area contributed by atoms with Gasteiger partial charge in [-0.15, -0.1) is 0 Å². The van der Waals surface area contributed by atoms with Crippen LogP contribution in [0.15, 0.2) is 42.5 Å². The summed E-state index contributed by atoms with van der Waals surface area (Å²) in [5, 5.41) is 3.86. The number of sulfonamides is 1. The number of carbonyl (C=O) groups is 1. The van der Waals surface area contributed by atoms with E-state index in [1.54, 1.807) is 18.2 Å². The maximum Gasteiger partial charge on any atom is 0.224 e. The number of piperidine rings is 2. The van der Waals surface area contributed by atoms with Gasteiger partial charge in [-0.1, -0.05) is 60.0 Å². The molecule has 2 fully saturated rings. The van der Waals surface area contributed by atoms with Crippen molar-refractivity contribution >= 4 is 39.1 Å². The first-order valence-electron chi connectivity index (χ1n) is 12.3. The van der Waals surface area contributed by atoms with Gasteiger partial charge in [-0.2, -0.15) is 0 Å². The van der Waals surface area contributed by atoms with Gasteiger partial charge < -0.3 is 5.32 Å². The highest BCUT2D eigenvalue weighted by molar-refractivity contribution is 7.88. The molecule has 190 valence electrons. The van der Waals surface area contributed by atoms with Crippen LogP contribution in [0.25, 0.3) is 0 Å². The molecular weight excluding hydrogens is 505 g/mol. The van der Waals surface area contributed by atoms with Gasteiger partial charge in [0.05, 0.1) is 11.7 Å². The molecular formula is C26H33Cl2N3O3S. The number of nitrogens with zero attached hydrogens (tertiary/aromatic N) is 2. The van der Waals surface area contributed by atoms with E-state index in [0.29, 0.717) is 41.5 Å². The van der Waals surface area contributed by atoms with Gasteiger partial charge in [-0.25, -0.2) is 12.7 Å². The minimum absolute atomic E-state index is 0.0952. The van der Waals surface area contributed by atoms with E-state index in [4.69, 9.17) is 23.2 Å². The first-order valence-corrected chi connectivity index (χ1v) is 14.7. The van der Waals surface area contributed by atoms with Crippen LogP contribution >= 0.6 is 23.2 Å². The molecule has 0 aromatic heterocycles. The molecule has 1 amide bonds. The Hall–Kier alpha value is -1.64. The van der Waals surface area contributed by atoms with Crippen LogP contribution in [0.2, 0.25) is 10.0 Å². The molecule has 2 aliphatic rings. The van der Waals surface area contributed by atoms with Crippen LogP contribution in [0.3, 0.4) is 0 Å². The minimum atomic E-state index is -3.61. The summed E-state index contributed by atoms with van der Waals surface area (Å²) in [5.41, 5.74) is 2.86. The lowest BCUT2D eigenvalue weighted by molar-refractivity contribution is -0.126. The highest BCUT2D eigenvalue weighted by Gasteiger charge is 2.32. The Morgan fingerprint density at radius 1 is 0.943 bits per heavy atom. The van der Waals surface area contributed by atoms with Crippen molar-refractivity contribution in [3.05, 3.63) is 69.2 Å². The van der Waals surface area contributed by atoms with Gasteiger partial charge in [-0.05, 0) is 67.6 Å². The summed E-state index contributed by atoms with van der Waals surface area (Å²) < 4.78 is 27.6. The molecule has 0 aliphatic carbocycles. The van der Waals surface area contributed by atoms with Gasteiger partial charge in [0.25, 0.3) is 0 Å². The van der Waals surface area contributed by atoms with E-state index in [9.17, 15) is 13.2 Å². The topological polar surface area (TPSA) is 69.7 Å². The number of rotatable bonds is 8. The van der Waals surface area contributed by atoms with Crippen LogP contribution in [0.5, 0.6) is 0 Å². The monoisotopic (exact) mass is 537 g/mol. The molecule has 2 aliphatic heterocycles. The van der Waals surface area contributed by atoms with Gasteiger partial charge in [0.2, 0.25) is 15.9 Å². The zero-order valence-electron chi connectivity index (χ0n) is 19.9. The van der Waals surface area contributed by atoms with E-state index < -0.39 is 10.0 Å². The van der Waals surface area contributed by atoms with Crippen LogP contribution in [0, 0.1) is 5.92 Å². The highest BCUT2D eigenvalue weighted by atomic mass is 35.5. The van der Waals surface area contributed by atoms with Crippen molar-refractivity contribution in [2.45, 2.75) is 50.9 Å². The van der Waals surface area contributed by atoms with Crippen molar-refractivity contribution < 1.29 is 13.2 Å². The SMILES string of the molecule is O=C(NCc1ccccc1CN1CCCCC1)[C@H]1CCCN(S(=O)(=O)Cc2ccc(Cl)cc2Cl)C1. The summed E-state index contributed by atoms with van der Waals surface area (Å²) >= 11 is 12.1.